The number of alkyl halides is 1. The molecule has 0 aliphatic heterocycles. The Bertz CT molecular complexity index is 425. The van der Waals surface area contributed by atoms with Crippen molar-refractivity contribution in [2.45, 2.75) is 0 Å². The van der Waals surface area contributed by atoms with Gasteiger partial charge in [0.15, 0.2) is 0 Å². The lowest BCUT2D eigenvalue weighted by atomic mass is 10.1. The molecule has 0 heterocycles. The van der Waals surface area contributed by atoms with Gasteiger partial charge in [0.2, 0.25) is 0 Å². The molecule has 0 bridgehead atoms. The average Bonchev–Trinajstić information content (AvgIpc) is 2.43. The summed E-state index contributed by atoms with van der Waals surface area (Å²) >= 11 is 3.31. The fraction of sp³-hybridized carbons (Fsp3) is 0.462. The van der Waals surface area contributed by atoms with E-state index < -0.39 is 0 Å². The van der Waals surface area contributed by atoms with Crippen LogP contribution in [0.3, 0.4) is 0 Å². The van der Waals surface area contributed by atoms with Crippen molar-refractivity contribution in [3.8, 4) is 11.5 Å². The summed E-state index contributed by atoms with van der Waals surface area (Å²) in [6.07, 6.45) is 0. The lowest BCUT2D eigenvalue weighted by Crippen LogP contribution is -2.35. The van der Waals surface area contributed by atoms with Gasteiger partial charge in [-0.2, -0.15) is 0 Å². The molecule has 1 rings (SSSR count). The molecule has 1 N–H and O–H groups in total. The highest BCUT2D eigenvalue weighted by atomic mass is 79.9. The number of phenols is 1. The number of aromatic hydroxyl groups is 1. The Morgan fingerprint density at radius 2 is 2.11 bits per heavy atom. The molecule has 0 saturated heterocycles. The largest absolute Gasteiger partial charge is 0.507 e. The highest BCUT2D eigenvalue weighted by Crippen LogP contribution is 2.24. The van der Waals surface area contributed by atoms with Crippen LogP contribution in [0.25, 0.3) is 0 Å². The lowest BCUT2D eigenvalue weighted by Gasteiger charge is -2.22. The predicted molar refractivity (Wildman–Crippen MR) is 76.2 cm³/mol. The summed E-state index contributed by atoms with van der Waals surface area (Å²) in [4.78, 5) is 14.0. The molecule has 0 radical (unpaired) electrons. The zero-order valence-corrected chi connectivity index (χ0v) is 12.6. The number of carbonyl (C=O) groups is 1. The van der Waals surface area contributed by atoms with E-state index in [9.17, 15) is 9.90 Å². The van der Waals surface area contributed by atoms with Gasteiger partial charge in [0.25, 0.3) is 5.91 Å². The van der Waals surface area contributed by atoms with E-state index in [4.69, 9.17) is 9.47 Å². The molecule has 106 valence electrons. The number of methoxy groups -OCH3 is 2. The summed E-state index contributed by atoms with van der Waals surface area (Å²) in [7, 11) is 3.10. The van der Waals surface area contributed by atoms with E-state index in [0.29, 0.717) is 30.8 Å². The Hall–Kier alpha value is -1.27. The molecule has 0 aliphatic rings. The van der Waals surface area contributed by atoms with Crippen LogP contribution in [0.1, 0.15) is 10.4 Å². The summed E-state index contributed by atoms with van der Waals surface area (Å²) in [6, 6.07) is 4.59. The van der Waals surface area contributed by atoms with Gasteiger partial charge in [0, 0.05) is 25.5 Å². The van der Waals surface area contributed by atoms with Crippen molar-refractivity contribution in [2.24, 2.45) is 0 Å². The minimum Gasteiger partial charge on any atom is -0.507 e. The maximum Gasteiger partial charge on any atom is 0.257 e. The highest BCUT2D eigenvalue weighted by Gasteiger charge is 2.19. The van der Waals surface area contributed by atoms with Crippen LogP contribution in [0.15, 0.2) is 18.2 Å². The van der Waals surface area contributed by atoms with Crippen LogP contribution >= 0.6 is 15.9 Å². The number of amides is 1. The molecule has 0 saturated carbocycles. The monoisotopic (exact) mass is 331 g/mol. The Balaban J connectivity index is 2.94. The number of halogens is 1. The third-order valence-corrected chi connectivity index (χ3v) is 3.00. The number of ether oxygens (including phenoxy) is 2. The van der Waals surface area contributed by atoms with Gasteiger partial charge in [-0.15, -0.1) is 0 Å². The average molecular weight is 332 g/mol. The second-order valence-corrected chi connectivity index (χ2v) is 4.65. The lowest BCUT2D eigenvalue weighted by molar-refractivity contribution is 0.0705. The summed E-state index contributed by atoms with van der Waals surface area (Å²) < 4.78 is 10.0. The SMILES string of the molecule is COCCN(CCBr)C(=O)c1cc(OC)ccc1O. The molecule has 0 spiro atoms. The molecule has 1 amide bonds. The normalized spacial score (nSPS) is 10.3. The first-order chi connectivity index (χ1) is 9.13. The summed E-state index contributed by atoms with van der Waals surface area (Å²) in [5, 5.41) is 10.5. The van der Waals surface area contributed by atoms with E-state index in [0.717, 1.165) is 0 Å². The molecule has 1 aromatic carbocycles. The molecule has 5 nitrogen and oxygen atoms in total. The molecule has 0 unspecified atom stereocenters. The van der Waals surface area contributed by atoms with E-state index in [-0.39, 0.29) is 17.2 Å². The fourth-order valence-electron chi connectivity index (χ4n) is 1.60. The summed E-state index contributed by atoms with van der Waals surface area (Å²) in [5.41, 5.74) is 0.233. The molecule has 6 heteroatoms. The summed E-state index contributed by atoms with van der Waals surface area (Å²) in [6.45, 7) is 1.46. The van der Waals surface area contributed by atoms with Gasteiger partial charge in [-0.05, 0) is 18.2 Å². The van der Waals surface area contributed by atoms with Gasteiger partial charge in [0.05, 0.1) is 19.3 Å². The second kappa shape index (κ2) is 8.01. The van der Waals surface area contributed by atoms with Gasteiger partial charge in [-0.1, -0.05) is 15.9 Å². The van der Waals surface area contributed by atoms with Crippen molar-refractivity contribution in [2.75, 3.05) is 39.2 Å². The van der Waals surface area contributed by atoms with Gasteiger partial charge >= 0.3 is 0 Å². The molecular weight excluding hydrogens is 314 g/mol. The first kappa shape index (κ1) is 15.8. The van der Waals surface area contributed by atoms with Crippen LogP contribution in [0.5, 0.6) is 11.5 Å². The Labute approximate surface area is 121 Å². The molecule has 0 fully saturated rings. The number of nitrogens with zero attached hydrogens (tertiary/aromatic N) is 1. The van der Waals surface area contributed by atoms with Crippen molar-refractivity contribution in [1.82, 2.24) is 4.90 Å². The van der Waals surface area contributed by atoms with Gasteiger partial charge in [0.1, 0.15) is 11.5 Å². The number of benzene rings is 1. The Morgan fingerprint density at radius 1 is 1.37 bits per heavy atom. The summed E-state index contributed by atoms with van der Waals surface area (Å²) in [5.74, 6) is 0.238. The first-order valence-corrected chi connectivity index (χ1v) is 6.97. The van der Waals surface area contributed by atoms with Crippen LogP contribution in [-0.2, 0) is 4.74 Å². The van der Waals surface area contributed by atoms with Crippen LogP contribution < -0.4 is 4.74 Å². The number of carbonyl (C=O) groups excluding carboxylic acids is 1. The topological polar surface area (TPSA) is 59.0 Å². The van der Waals surface area contributed by atoms with E-state index in [1.165, 1.54) is 19.2 Å². The van der Waals surface area contributed by atoms with Crippen molar-refractivity contribution in [3.05, 3.63) is 23.8 Å². The van der Waals surface area contributed by atoms with Crippen molar-refractivity contribution in [3.63, 3.8) is 0 Å². The first-order valence-electron chi connectivity index (χ1n) is 5.85. The van der Waals surface area contributed by atoms with Gasteiger partial charge < -0.3 is 19.5 Å². The minimum absolute atomic E-state index is 0.0530. The molecule has 0 aliphatic carbocycles. The molecule has 1 aromatic rings. The van der Waals surface area contributed by atoms with Crippen molar-refractivity contribution >= 4 is 21.8 Å². The highest BCUT2D eigenvalue weighted by molar-refractivity contribution is 9.09. The number of rotatable bonds is 7. The molecular formula is C13H18BrNO4. The van der Waals surface area contributed by atoms with Gasteiger partial charge in [-0.3, -0.25) is 4.79 Å². The molecule has 0 aromatic heterocycles. The number of hydrogen-bond acceptors (Lipinski definition) is 4. The van der Waals surface area contributed by atoms with E-state index >= 15 is 0 Å². The van der Waals surface area contributed by atoms with Crippen molar-refractivity contribution < 1.29 is 19.4 Å². The third-order valence-electron chi connectivity index (χ3n) is 2.64. The minimum atomic E-state index is -0.243. The quantitative estimate of drug-likeness (QED) is 0.775. The zero-order valence-electron chi connectivity index (χ0n) is 11.1. The third kappa shape index (κ3) is 4.40. The maximum absolute atomic E-state index is 12.4. The van der Waals surface area contributed by atoms with Crippen LogP contribution in [0.2, 0.25) is 0 Å². The maximum atomic E-state index is 12.4. The van der Waals surface area contributed by atoms with Crippen LogP contribution in [-0.4, -0.2) is 55.2 Å². The molecule has 19 heavy (non-hydrogen) atoms. The van der Waals surface area contributed by atoms with E-state index in [1.54, 1.807) is 18.1 Å². The predicted octanol–water partition coefficient (Wildman–Crippen LogP) is 1.88. The van der Waals surface area contributed by atoms with Crippen LogP contribution in [0.4, 0.5) is 0 Å². The standard InChI is InChI=1S/C13H18BrNO4/c1-18-8-7-15(6-5-14)13(17)11-9-10(19-2)3-4-12(11)16/h3-4,9,16H,5-8H2,1-2H3. The van der Waals surface area contributed by atoms with E-state index in [1.807, 2.05) is 0 Å². The second-order valence-electron chi connectivity index (χ2n) is 3.86. The van der Waals surface area contributed by atoms with E-state index in [2.05, 4.69) is 15.9 Å². The van der Waals surface area contributed by atoms with Crippen molar-refractivity contribution in [1.29, 1.82) is 0 Å². The Morgan fingerprint density at radius 3 is 2.68 bits per heavy atom. The zero-order chi connectivity index (χ0) is 14.3. The smallest absolute Gasteiger partial charge is 0.257 e. The fourth-order valence-corrected chi connectivity index (χ4v) is 2.03. The number of phenolic OH excluding ortho intramolecular Hbond substituents is 1. The number of hydrogen-bond donors (Lipinski definition) is 1. The molecule has 0 atom stereocenters. The van der Waals surface area contributed by atoms with Gasteiger partial charge in [-0.25, -0.2) is 0 Å². The Kier molecular flexibility index (Phi) is 6.66. The van der Waals surface area contributed by atoms with Crippen LogP contribution in [0, 0.1) is 0 Å².